The Balaban J connectivity index is 2.00. The van der Waals surface area contributed by atoms with Crippen molar-refractivity contribution in [1.29, 1.82) is 0 Å². The van der Waals surface area contributed by atoms with Crippen molar-refractivity contribution < 1.29 is 9.84 Å². The second-order valence-corrected chi connectivity index (χ2v) is 3.72. The molecule has 0 aliphatic rings. The zero-order valence-electron chi connectivity index (χ0n) is 9.72. The first-order valence-electron chi connectivity index (χ1n) is 5.60. The number of aliphatic hydroxyl groups is 1. The first-order chi connectivity index (χ1) is 7.83. The van der Waals surface area contributed by atoms with Crippen LogP contribution in [0.25, 0.3) is 0 Å². The molecule has 0 saturated heterocycles. The number of hydrogen-bond donors (Lipinski definition) is 2. The largest absolute Gasteiger partial charge is 0.391 e. The molecule has 0 radical (unpaired) electrons. The second-order valence-electron chi connectivity index (χ2n) is 3.72. The van der Waals surface area contributed by atoms with Crippen LogP contribution in [0.3, 0.4) is 0 Å². The summed E-state index contributed by atoms with van der Waals surface area (Å²) in [5.74, 6) is 0. The standard InChI is InChI=1S/C12H20N2O2/c1-16-10-12(15)6-9-13-8-5-11-4-2-3-7-14-11/h2-4,7,12-13,15H,5-6,8-10H2,1H3. The molecule has 1 aromatic heterocycles. The normalized spacial score (nSPS) is 12.6. The van der Waals surface area contributed by atoms with Crippen LogP contribution in [0.15, 0.2) is 24.4 Å². The molecular formula is C12H20N2O2. The van der Waals surface area contributed by atoms with E-state index in [4.69, 9.17) is 4.74 Å². The summed E-state index contributed by atoms with van der Waals surface area (Å²) in [5, 5.41) is 12.7. The van der Waals surface area contributed by atoms with Gasteiger partial charge in [-0.1, -0.05) is 6.07 Å². The highest BCUT2D eigenvalue weighted by Crippen LogP contribution is 1.94. The minimum absolute atomic E-state index is 0.368. The minimum Gasteiger partial charge on any atom is -0.391 e. The van der Waals surface area contributed by atoms with Crippen LogP contribution in [-0.2, 0) is 11.2 Å². The Morgan fingerprint density at radius 2 is 2.31 bits per heavy atom. The van der Waals surface area contributed by atoms with Crippen molar-refractivity contribution >= 4 is 0 Å². The third-order valence-electron chi connectivity index (χ3n) is 2.30. The molecule has 0 saturated carbocycles. The summed E-state index contributed by atoms with van der Waals surface area (Å²) in [6, 6.07) is 5.92. The van der Waals surface area contributed by atoms with Gasteiger partial charge in [-0.15, -0.1) is 0 Å². The smallest absolute Gasteiger partial charge is 0.0785 e. The molecule has 1 aromatic rings. The summed E-state index contributed by atoms with van der Waals surface area (Å²) >= 11 is 0. The fourth-order valence-electron chi connectivity index (χ4n) is 1.43. The van der Waals surface area contributed by atoms with E-state index < -0.39 is 0 Å². The van der Waals surface area contributed by atoms with E-state index in [2.05, 4.69) is 10.3 Å². The van der Waals surface area contributed by atoms with Crippen LogP contribution in [0.2, 0.25) is 0 Å². The van der Waals surface area contributed by atoms with Gasteiger partial charge in [-0.2, -0.15) is 0 Å². The number of methoxy groups -OCH3 is 1. The molecule has 0 aliphatic carbocycles. The number of ether oxygens (including phenoxy) is 1. The summed E-state index contributed by atoms with van der Waals surface area (Å²) in [5.41, 5.74) is 1.09. The van der Waals surface area contributed by atoms with Crippen molar-refractivity contribution in [2.75, 3.05) is 26.8 Å². The average molecular weight is 224 g/mol. The summed E-state index contributed by atoms with van der Waals surface area (Å²) in [7, 11) is 1.59. The molecule has 16 heavy (non-hydrogen) atoms. The van der Waals surface area contributed by atoms with Crippen LogP contribution in [0.4, 0.5) is 0 Å². The summed E-state index contributed by atoms with van der Waals surface area (Å²) in [6.45, 7) is 2.09. The molecule has 4 heteroatoms. The molecule has 0 bridgehead atoms. The van der Waals surface area contributed by atoms with E-state index in [9.17, 15) is 5.11 Å². The van der Waals surface area contributed by atoms with Gasteiger partial charge in [-0.3, -0.25) is 4.98 Å². The Kier molecular flexibility index (Phi) is 6.72. The highest BCUT2D eigenvalue weighted by atomic mass is 16.5. The first kappa shape index (κ1) is 13.1. The van der Waals surface area contributed by atoms with E-state index in [1.54, 1.807) is 13.3 Å². The van der Waals surface area contributed by atoms with Crippen LogP contribution < -0.4 is 5.32 Å². The number of nitrogens with one attached hydrogen (secondary N) is 1. The number of rotatable bonds is 8. The molecule has 0 fully saturated rings. The Bertz CT molecular complexity index is 267. The molecule has 0 aromatic carbocycles. The van der Waals surface area contributed by atoms with E-state index in [0.29, 0.717) is 6.61 Å². The lowest BCUT2D eigenvalue weighted by Crippen LogP contribution is -2.24. The average Bonchev–Trinajstić information content (AvgIpc) is 2.30. The van der Waals surface area contributed by atoms with E-state index in [1.807, 2.05) is 18.2 Å². The van der Waals surface area contributed by atoms with E-state index in [0.717, 1.165) is 31.6 Å². The maximum atomic E-state index is 9.39. The summed E-state index contributed by atoms with van der Waals surface area (Å²) in [4.78, 5) is 4.23. The SMILES string of the molecule is COCC(O)CCNCCc1ccccn1. The monoisotopic (exact) mass is 224 g/mol. The molecule has 0 aliphatic heterocycles. The number of pyridine rings is 1. The zero-order valence-corrected chi connectivity index (χ0v) is 9.72. The Morgan fingerprint density at radius 3 is 3.00 bits per heavy atom. The van der Waals surface area contributed by atoms with Crippen molar-refractivity contribution in [2.24, 2.45) is 0 Å². The molecule has 1 atom stereocenters. The lowest BCUT2D eigenvalue weighted by molar-refractivity contribution is 0.0595. The van der Waals surface area contributed by atoms with Crippen LogP contribution in [0, 0.1) is 0 Å². The predicted octanol–water partition coefficient (Wildman–Crippen LogP) is 0.611. The number of aromatic nitrogens is 1. The van der Waals surface area contributed by atoms with Gasteiger partial charge < -0.3 is 15.2 Å². The number of aliphatic hydroxyl groups excluding tert-OH is 1. The number of nitrogens with zero attached hydrogens (tertiary/aromatic N) is 1. The highest BCUT2D eigenvalue weighted by molar-refractivity contribution is 5.03. The predicted molar refractivity (Wildman–Crippen MR) is 63.3 cm³/mol. The zero-order chi connectivity index (χ0) is 11.6. The molecule has 4 nitrogen and oxygen atoms in total. The molecule has 0 amide bonds. The number of hydrogen-bond acceptors (Lipinski definition) is 4. The van der Waals surface area contributed by atoms with Gasteiger partial charge in [0.25, 0.3) is 0 Å². The molecule has 90 valence electrons. The van der Waals surface area contributed by atoms with Crippen LogP contribution in [-0.4, -0.2) is 43.0 Å². The van der Waals surface area contributed by atoms with E-state index in [1.165, 1.54) is 0 Å². The highest BCUT2D eigenvalue weighted by Gasteiger charge is 2.01. The van der Waals surface area contributed by atoms with Crippen molar-refractivity contribution in [2.45, 2.75) is 18.9 Å². The van der Waals surface area contributed by atoms with Gasteiger partial charge in [0.2, 0.25) is 0 Å². The lowest BCUT2D eigenvalue weighted by Gasteiger charge is -2.09. The second kappa shape index (κ2) is 8.21. The van der Waals surface area contributed by atoms with Gasteiger partial charge >= 0.3 is 0 Å². The quantitative estimate of drug-likeness (QED) is 0.635. The van der Waals surface area contributed by atoms with Gasteiger partial charge in [-0.05, 0) is 25.1 Å². The molecule has 0 spiro atoms. The van der Waals surface area contributed by atoms with Gasteiger partial charge in [0, 0.05) is 32.0 Å². The van der Waals surface area contributed by atoms with Crippen LogP contribution >= 0.6 is 0 Å². The molecule has 1 unspecified atom stereocenters. The van der Waals surface area contributed by atoms with Crippen LogP contribution in [0.1, 0.15) is 12.1 Å². The van der Waals surface area contributed by atoms with Crippen molar-refractivity contribution in [3.05, 3.63) is 30.1 Å². The van der Waals surface area contributed by atoms with Gasteiger partial charge in [-0.25, -0.2) is 0 Å². The molecule has 1 rings (SSSR count). The fourth-order valence-corrected chi connectivity index (χ4v) is 1.43. The third kappa shape index (κ3) is 5.80. The molecular weight excluding hydrogens is 204 g/mol. The minimum atomic E-state index is -0.368. The Morgan fingerprint density at radius 1 is 1.44 bits per heavy atom. The van der Waals surface area contributed by atoms with Gasteiger partial charge in [0.05, 0.1) is 12.7 Å². The summed E-state index contributed by atoms with van der Waals surface area (Å²) in [6.07, 6.45) is 3.07. The van der Waals surface area contributed by atoms with E-state index in [-0.39, 0.29) is 6.10 Å². The Hall–Kier alpha value is -0.970. The molecule has 1 heterocycles. The maximum absolute atomic E-state index is 9.39. The van der Waals surface area contributed by atoms with Gasteiger partial charge in [0.1, 0.15) is 0 Å². The van der Waals surface area contributed by atoms with Crippen molar-refractivity contribution in [3.8, 4) is 0 Å². The van der Waals surface area contributed by atoms with Crippen molar-refractivity contribution in [1.82, 2.24) is 10.3 Å². The third-order valence-corrected chi connectivity index (χ3v) is 2.30. The summed E-state index contributed by atoms with van der Waals surface area (Å²) < 4.78 is 4.84. The van der Waals surface area contributed by atoms with Crippen LogP contribution in [0.5, 0.6) is 0 Å². The fraction of sp³-hybridized carbons (Fsp3) is 0.583. The maximum Gasteiger partial charge on any atom is 0.0785 e. The lowest BCUT2D eigenvalue weighted by atomic mass is 10.2. The van der Waals surface area contributed by atoms with Crippen molar-refractivity contribution in [3.63, 3.8) is 0 Å². The Labute approximate surface area is 96.7 Å². The van der Waals surface area contributed by atoms with E-state index >= 15 is 0 Å². The first-order valence-corrected chi connectivity index (χ1v) is 5.60. The topological polar surface area (TPSA) is 54.4 Å². The molecule has 2 N–H and O–H groups in total. The van der Waals surface area contributed by atoms with Gasteiger partial charge in [0.15, 0.2) is 0 Å².